The lowest BCUT2D eigenvalue weighted by Gasteiger charge is -2.10. The van der Waals surface area contributed by atoms with E-state index in [1.165, 1.54) is 7.11 Å². The molecule has 3 rings (SSSR count). The summed E-state index contributed by atoms with van der Waals surface area (Å²) in [4.78, 5) is 16.4. The van der Waals surface area contributed by atoms with Gasteiger partial charge in [0, 0.05) is 17.3 Å². The molecule has 1 amide bonds. The van der Waals surface area contributed by atoms with Gasteiger partial charge >= 0.3 is 0 Å². The largest absolute Gasteiger partial charge is 0.493 e. The number of aromatic nitrogens is 2. The Bertz CT molecular complexity index is 1010. The van der Waals surface area contributed by atoms with Gasteiger partial charge in [-0.05, 0) is 30.3 Å². The van der Waals surface area contributed by atoms with E-state index >= 15 is 0 Å². The van der Waals surface area contributed by atoms with Crippen LogP contribution >= 0.6 is 12.4 Å². The van der Waals surface area contributed by atoms with Crippen molar-refractivity contribution in [3.63, 3.8) is 0 Å². The van der Waals surface area contributed by atoms with Crippen LogP contribution in [0.4, 0.5) is 11.4 Å². The maximum atomic E-state index is 12.5. The molecule has 0 saturated carbocycles. The second kappa shape index (κ2) is 9.47. The third-order valence-electron chi connectivity index (χ3n) is 3.89. The van der Waals surface area contributed by atoms with Gasteiger partial charge in [-0.2, -0.15) is 5.10 Å². The van der Waals surface area contributed by atoms with Crippen molar-refractivity contribution in [2.45, 2.75) is 0 Å². The molecule has 0 atom stereocenters. The van der Waals surface area contributed by atoms with Gasteiger partial charge in [-0.1, -0.05) is 12.1 Å². The zero-order chi connectivity index (χ0) is 20.1. The smallest absolute Gasteiger partial charge is 0.273 e. The maximum absolute atomic E-state index is 12.5. The van der Waals surface area contributed by atoms with E-state index in [1.54, 1.807) is 43.5 Å². The lowest BCUT2D eigenvalue weighted by atomic mass is 10.1. The molecule has 0 unspecified atom stereocenters. The molecule has 29 heavy (non-hydrogen) atoms. The van der Waals surface area contributed by atoms with Crippen LogP contribution in [0, 0.1) is 0 Å². The number of aromatic amines is 1. The molecule has 10 heteroatoms. The average molecular weight is 417 g/mol. The number of guanidine groups is 1. The van der Waals surface area contributed by atoms with Gasteiger partial charge in [-0.3, -0.25) is 9.89 Å². The minimum Gasteiger partial charge on any atom is -0.493 e. The summed E-state index contributed by atoms with van der Waals surface area (Å²) in [5.74, 6) is 0.754. The fraction of sp³-hybridized carbons (Fsp3) is 0.105. The van der Waals surface area contributed by atoms with Gasteiger partial charge in [0.2, 0.25) is 0 Å². The summed E-state index contributed by atoms with van der Waals surface area (Å²) in [6.45, 7) is 0. The van der Waals surface area contributed by atoms with Crippen molar-refractivity contribution in [2.24, 2.45) is 16.5 Å². The first-order valence-electron chi connectivity index (χ1n) is 8.29. The van der Waals surface area contributed by atoms with Crippen molar-refractivity contribution in [1.29, 1.82) is 0 Å². The standard InChI is InChI=1S/C19H20N6O3.ClH/c1-27-16-8-7-13(9-17(16)28-2)22-18(26)15-10-14(24-25-15)11-3-5-12(6-4-11)23-19(20)21;/h3-10H,1-2H3,(H,22,26)(H,24,25)(H4,20,21,23);1H. The Morgan fingerprint density at radius 1 is 1.03 bits per heavy atom. The second-order valence-electron chi connectivity index (χ2n) is 5.77. The van der Waals surface area contributed by atoms with E-state index in [0.717, 1.165) is 5.56 Å². The molecule has 152 valence electrons. The summed E-state index contributed by atoms with van der Waals surface area (Å²) in [7, 11) is 3.08. The fourth-order valence-electron chi connectivity index (χ4n) is 2.55. The lowest BCUT2D eigenvalue weighted by Crippen LogP contribution is -2.21. The van der Waals surface area contributed by atoms with Gasteiger partial charge < -0.3 is 26.3 Å². The quantitative estimate of drug-likeness (QED) is 0.359. The average Bonchev–Trinajstić information content (AvgIpc) is 3.18. The highest BCUT2D eigenvalue weighted by Crippen LogP contribution is 2.30. The van der Waals surface area contributed by atoms with Gasteiger partial charge in [-0.15, -0.1) is 12.4 Å². The van der Waals surface area contributed by atoms with E-state index in [4.69, 9.17) is 20.9 Å². The zero-order valence-electron chi connectivity index (χ0n) is 15.8. The van der Waals surface area contributed by atoms with Gasteiger partial charge in [-0.25, -0.2) is 4.99 Å². The normalized spacial score (nSPS) is 9.86. The number of carbonyl (C=O) groups is 1. The predicted octanol–water partition coefficient (Wildman–Crippen LogP) is 2.67. The molecule has 9 nitrogen and oxygen atoms in total. The molecule has 1 heterocycles. The number of hydrogen-bond donors (Lipinski definition) is 4. The SMILES string of the molecule is COc1ccc(NC(=O)c2cc(-c3ccc(N=C(N)N)cc3)n[nH]2)cc1OC.Cl. The van der Waals surface area contributed by atoms with Crippen molar-refractivity contribution >= 4 is 35.6 Å². The number of nitrogens with two attached hydrogens (primary N) is 2. The van der Waals surface area contributed by atoms with Crippen LogP contribution in [0.25, 0.3) is 11.3 Å². The number of halogens is 1. The van der Waals surface area contributed by atoms with E-state index in [9.17, 15) is 4.79 Å². The first kappa shape index (κ1) is 21.6. The first-order valence-corrected chi connectivity index (χ1v) is 8.29. The number of rotatable bonds is 6. The fourth-order valence-corrected chi connectivity index (χ4v) is 2.55. The van der Waals surface area contributed by atoms with Crippen molar-refractivity contribution in [3.8, 4) is 22.8 Å². The molecule has 0 radical (unpaired) electrons. The Kier molecular flexibility index (Phi) is 7.05. The molecule has 0 aliphatic rings. The number of H-pyrrole nitrogens is 1. The van der Waals surface area contributed by atoms with E-state index in [2.05, 4.69) is 20.5 Å². The van der Waals surface area contributed by atoms with Crippen LogP contribution in [0.1, 0.15) is 10.5 Å². The molecule has 0 saturated heterocycles. The molecule has 2 aromatic carbocycles. The Hall–Kier alpha value is -3.72. The molecular weight excluding hydrogens is 396 g/mol. The van der Waals surface area contributed by atoms with Crippen molar-refractivity contribution in [1.82, 2.24) is 10.2 Å². The molecule has 0 aliphatic carbocycles. The van der Waals surface area contributed by atoms with Crippen LogP contribution in [-0.2, 0) is 0 Å². The zero-order valence-corrected chi connectivity index (χ0v) is 16.6. The molecule has 3 aromatic rings. The van der Waals surface area contributed by atoms with E-state index < -0.39 is 0 Å². The maximum Gasteiger partial charge on any atom is 0.273 e. The van der Waals surface area contributed by atoms with Crippen LogP contribution in [-0.4, -0.2) is 36.3 Å². The molecular formula is C19H21ClN6O3. The number of anilines is 1. The highest BCUT2D eigenvalue weighted by molar-refractivity contribution is 6.03. The van der Waals surface area contributed by atoms with E-state index in [0.29, 0.717) is 34.3 Å². The number of methoxy groups -OCH3 is 2. The number of hydrogen-bond acceptors (Lipinski definition) is 5. The second-order valence-corrected chi connectivity index (χ2v) is 5.77. The van der Waals surface area contributed by atoms with Crippen molar-refractivity contribution in [3.05, 3.63) is 54.2 Å². The molecule has 0 spiro atoms. The Morgan fingerprint density at radius 2 is 1.72 bits per heavy atom. The number of benzene rings is 2. The summed E-state index contributed by atoms with van der Waals surface area (Å²) in [6.07, 6.45) is 0. The number of carbonyl (C=O) groups excluding carboxylic acids is 1. The van der Waals surface area contributed by atoms with Crippen molar-refractivity contribution < 1.29 is 14.3 Å². The van der Waals surface area contributed by atoms with Crippen LogP contribution in [0.2, 0.25) is 0 Å². The third kappa shape index (κ3) is 5.17. The highest BCUT2D eigenvalue weighted by Gasteiger charge is 2.13. The van der Waals surface area contributed by atoms with Crippen molar-refractivity contribution in [2.75, 3.05) is 19.5 Å². The Labute approximate surface area is 173 Å². The summed E-state index contributed by atoms with van der Waals surface area (Å²) < 4.78 is 10.4. The van der Waals surface area contributed by atoms with Gasteiger partial charge in [0.05, 0.1) is 25.6 Å². The van der Waals surface area contributed by atoms with Crippen LogP contribution in [0.15, 0.2) is 53.5 Å². The van der Waals surface area contributed by atoms with Crippen LogP contribution < -0.4 is 26.3 Å². The van der Waals surface area contributed by atoms with Gasteiger partial charge in [0.25, 0.3) is 5.91 Å². The topological polar surface area (TPSA) is 141 Å². The summed E-state index contributed by atoms with van der Waals surface area (Å²) in [6, 6.07) is 13.9. The first-order chi connectivity index (χ1) is 13.5. The van der Waals surface area contributed by atoms with E-state index in [-0.39, 0.29) is 24.3 Å². The minimum absolute atomic E-state index is 0. The summed E-state index contributed by atoms with van der Waals surface area (Å²) >= 11 is 0. The molecule has 0 aliphatic heterocycles. The van der Waals surface area contributed by atoms with Crippen LogP contribution in [0.3, 0.4) is 0 Å². The Morgan fingerprint density at radius 3 is 2.34 bits per heavy atom. The molecule has 0 fully saturated rings. The number of ether oxygens (including phenoxy) is 2. The number of amides is 1. The monoisotopic (exact) mass is 416 g/mol. The lowest BCUT2D eigenvalue weighted by molar-refractivity contribution is 0.102. The Balaban J connectivity index is 0.00000300. The third-order valence-corrected chi connectivity index (χ3v) is 3.89. The number of aliphatic imine (C=N–C) groups is 1. The van der Waals surface area contributed by atoms with Gasteiger partial charge in [0.1, 0.15) is 5.69 Å². The van der Waals surface area contributed by atoms with Crippen LogP contribution in [0.5, 0.6) is 11.5 Å². The minimum atomic E-state index is -0.330. The highest BCUT2D eigenvalue weighted by atomic mass is 35.5. The van der Waals surface area contributed by atoms with E-state index in [1.807, 2.05) is 12.1 Å². The summed E-state index contributed by atoms with van der Waals surface area (Å²) in [5.41, 5.74) is 13.7. The summed E-state index contributed by atoms with van der Waals surface area (Å²) in [5, 5.41) is 9.71. The molecule has 1 aromatic heterocycles. The predicted molar refractivity (Wildman–Crippen MR) is 114 cm³/mol. The molecule has 0 bridgehead atoms. The number of nitrogens with one attached hydrogen (secondary N) is 2. The molecule has 6 N–H and O–H groups in total. The number of nitrogens with zero attached hydrogens (tertiary/aromatic N) is 2. The van der Waals surface area contributed by atoms with Gasteiger partial charge in [0.15, 0.2) is 17.5 Å².